The fourth-order valence-electron chi connectivity index (χ4n) is 1.86. The van der Waals surface area contributed by atoms with Crippen LogP contribution >= 0.6 is 0 Å². The molecule has 1 aliphatic rings. The van der Waals surface area contributed by atoms with Gasteiger partial charge in [0.2, 0.25) is 10.0 Å². The van der Waals surface area contributed by atoms with Gasteiger partial charge in [-0.25, -0.2) is 8.42 Å². The topological polar surface area (TPSA) is 37.4 Å². The van der Waals surface area contributed by atoms with Gasteiger partial charge in [-0.2, -0.15) is 4.31 Å². The van der Waals surface area contributed by atoms with Crippen LogP contribution in [0.15, 0.2) is 36.4 Å². The van der Waals surface area contributed by atoms with Crippen molar-refractivity contribution in [2.45, 2.75) is 25.0 Å². The summed E-state index contributed by atoms with van der Waals surface area (Å²) in [7, 11) is -3.05. The van der Waals surface area contributed by atoms with E-state index in [-0.39, 0.29) is 5.25 Å². The molecule has 0 aliphatic heterocycles. The molecular formula is C14H19NO2S. The predicted octanol–water partition coefficient (Wildman–Crippen LogP) is 2.51. The molecule has 0 amide bonds. The molecule has 0 aromatic heterocycles. The van der Waals surface area contributed by atoms with E-state index < -0.39 is 10.0 Å². The smallest absolute Gasteiger partial charge is 0.212 e. The number of sulfonamides is 1. The molecule has 0 bridgehead atoms. The van der Waals surface area contributed by atoms with Crippen molar-refractivity contribution in [3.63, 3.8) is 0 Å². The second-order valence-corrected chi connectivity index (χ2v) is 6.72. The number of benzene rings is 1. The summed E-state index contributed by atoms with van der Waals surface area (Å²) in [6.07, 6.45) is 5.52. The first-order chi connectivity index (χ1) is 8.64. The highest BCUT2D eigenvalue weighted by atomic mass is 32.2. The van der Waals surface area contributed by atoms with Crippen LogP contribution in [0.1, 0.15) is 25.3 Å². The van der Waals surface area contributed by atoms with Gasteiger partial charge in [-0.05, 0) is 18.4 Å². The van der Waals surface area contributed by atoms with Gasteiger partial charge in [0.15, 0.2) is 0 Å². The third-order valence-electron chi connectivity index (χ3n) is 3.08. The summed E-state index contributed by atoms with van der Waals surface area (Å²) in [4.78, 5) is 0. The van der Waals surface area contributed by atoms with Gasteiger partial charge >= 0.3 is 0 Å². The minimum absolute atomic E-state index is 0.123. The van der Waals surface area contributed by atoms with Crippen LogP contribution in [0.25, 0.3) is 6.08 Å². The molecule has 1 aromatic carbocycles. The van der Waals surface area contributed by atoms with Crippen LogP contribution in [0, 0.1) is 0 Å². The van der Waals surface area contributed by atoms with Crippen molar-refractivity contribution in [2.75, 3.05) is 13.1 Å². The van der Waals surface area contributed by atoms with Crippen molar-refractivity contribution in [1.82, 2.24) is 4.31 Å². The molecule has 98 valence electrons. The summed E-state index contributed by atoms with van der Waals surface area (Å²) in [6, 6.07) is 9.91. The fraction of sp³-hybridized carbons (Fsp3) is 0.429. The second-order valence-electron chi connectivity index (χ2n) is 4.51. The molecule has 1 aliphatic carbocycles. The number of hydrogen-bond donors (Lipinski definition) is 0. The summed E-state index contributed by atoms with van der Waals surface area (Å²) >= 11 is 0. The van der Waals surface area contributed by atoms with Gasteiger partial charge in [0.25, 0.3) is 0 Å². The molecule has 1 aromatic rings. The van der Waals surface area contributed by atoms with Gasteiger partial charge in [0.1, 0.15) is 0 Å². The Bertz CT molecular complexity index is 504. The second kappa shape index (κ2) is 5.67. The molecule has 3 nitrogen and oxygen atoms in total. The largest absolute Gasteiger partial charge is 0.217 e. The van der Waals surface area contributed by atoms with E-state index in [0.29, 0.717) is 13.1 Å². The summed E-state index contributed by atoms with van der Waals surface area (Å²) in [5.41, 5.74) is 1.09. The SMILES string of the molecule is CCN(CC=Cc1ccccc1)S(=O)(=O)C1CC1. The van der Waals surface area contributed by atoms with Gasteiger partial charge in [0.05, 0.1) is 5.25 Å². The highest BCUT2D eigenvalue weighted by molar-refractivity contribution is 7.90. The molecule has 0 spiro atoms. The maximum absolute atomic E-state index is 12.1. The van der Waals surface area contributed by atoms with E-state index in [1.54, 1.807) is 4.31 Å². The summed E-state index contributed by atoms with van der Waals surface area (Å²) in [5, 5.41) is -0.123. The van der Waals surface area contributed by atoms with Crippen molar-refractivity contribution in [3.8, 4) is 0 Å². The molecule has 2 rings (SSSR count). The summed E-state index contributed by atoms with van der Waals surface area (Å²) in [6.45, 7) is 2.89. The Hall–Kier alpha value is -1.13. The molecule has 0 atom stereocenters. The van der Waals surface area contributed by atoms with Crippen molar-refractivity contribution >= 4 is 16.1 Å². The van der Waals surface area contributed by atoms with E-state index in [1.165, 1.54) is 0 Å². The average Bonchev–Trinajstić information content (AvgIpc) is 3.20. The average molecular weight is 265 g/mol. The molecule has 18 heavy (non-hydrogen) atoms. The lowest BCUT2D eigenvalue weighted by molar-refractivity contribution is 0.459. The van der Waals surface area contributed by atoms with Crippen molar-refractivity contribution in [2.24, 2.45) is 0 Å². The Morgan fingerprint density at radius 2 is 1.94 bits per heavy atom. The van der Waals surface area contributed by atoms with E-state index in [0.717, 1.165) is 18.4 Å². The molecule has 4 heteroatoms. The molecule has 0 saturated heterocycles. The van der Waals surface area contributed by atoms with Crippen LogP contribution in [-0.4, -0.2) is 31.1 Å². The first-order valence-electron chi connectivity index (χ1n) is 6.35. The van der Waals surface area contributed by atoms with Crippen LogP contribution in [0.3, 0.4) is 0 Å². The Morgan fingerprint density at radius 1 is 1.28 bits per heavy atom. The maximum Gasteiger partial charge on any atom is 0.217 e. The Morgan fingerprint density at radius 3 is 2.50 bits per heavy atom. The quantitative estimate of drug-likeness (QED) is 0.792. The van der Waals surface area contributed by atoms with Crippen LogP contribution < -0.4 is 0 Å². The Balaban J connectivity index is 1.97. The predicted molar refractivity (Wildman–Crippen MR) is 74.7 cm³/mol. The fourth-order valence-corrected chi connectivity index (χ4v) is 3.67. The first-order valence-corrected chi connectivity index (χ1v) is 7.85. The zero-order chi connectivity index (χ0) is 13.0. The molecule has 1 saturated carbocycles. The number of likely N-dealkylation sites (N-methyl/N-ethyl adjacent to an activating group) is 1. The van der Waals surface area contributed by atoms with E-state index >= 15 is 0 Å². The molecular weight excluding hydrogens is 246 g/mol. The third kappa shape index (κ3) is 3.21. The van der Waals surface area contributed by atoms with Crippen LogP contribution in [-0.2, 0) is 10.0 Å². The monoisotopic (exact) mass is 265 g/mol. The van der Waals surface area contributed by atoms with Gasteiger partial charge in [-0.15, -0.1) is 0 Å². The lowest BCUT2D eigenvalue weighted by Crippen LogP contribution is -2.33. The standard InChI is InChI=1S/C14H19NO2S/c1-2-15(18(16,17)14-10-11-14)12-6-9-13-7-4-3-5-8-13/h3-9,14H,2,10-12H2,1H3. The van der Waals surface area contributed by atoms with E-state index in [4.69, 9.17) is 0 Å². The highest BCUT2D eigenvalue weighted by Crippen LogP contribution is 2.30. The van der Waals surface area contributed by atoms with Crippen LogP contribution in [0.2, 0.25) is 0 Å². The zero-order valence-electron chi connectivity index (χ0n) is 10.6. The molecule has 0 heterocycles. The van der Waals surface area contributed by atoms with Gasteiger partial charge in [-0.1, -0.05) is 49.4 Å². The normalized spacial score (nSPS) is 16.6. The summed E-state index contributed by atoms with van der Waals surface area (Å²) in [5.74, 6) is 0. The first kappa shape index (κ1) is 13.3. The maximum atomic E-state index is 12.1. The number of rotatable bonds is 6. The third-order valence-corrected chi connectivity index (χ3v) is 5.52. The lowest BCUT2D eigenvalue weighted by Gasteiger charge is -2.18. The van der Waals surface area contributed by atoms with Gasteiger partial charge < -0.3 is 0 Å². The lowest BCUT2D eigenvalue weighted by atomic mass is 10.2. The molecule has 0 N–H and O–H groups in total. The van der Waals surface area contributed by atoms with Crippen molar-refractivity contribution in [3.05, 3.63) is 42.0 Å². The van der Waals surface area contributed by atoms with Gasteiger partial charge in [0, 0.05) is 13.1 Å². The molecule has 0 unspecified atom stereocenters. The number of hydrogen-bond acceptors (Lipinski definition) is 2. The molecule has 1 fully saturated rings. The summed E-state index contributed by atoms with van der Waals surface area (Å²) < 4.78 is 25.7. The van der Waals surface area contributed by atoms with E-state index in [9.17, 15) is 8.42 Å². The number of nitrogens with zero attached hydrogens (tertiary/aromatic N) is 1. The van der Waals surface area contributed by atoms with Gasteiger partial charge in [-0.3, -0.25) is 0 Å². The van der Waals surface area contributed by atoms with Crippen molar-refractivity contribution < 1.29 is 8.42 Å². The Kier molecular flexibility index (Phi) is 4.19. The van der Waals surface area contributed by atoms with E-state index in [2.05, 4.69) is 0 Å². The van der Waals surface area contributed by atoms with Crippen LogP contribution in [0.4, 0.5) is 0 Å². The zero-order valence-corrected chi connectivity index (χ0v) is 11.4. The van der Waals surface area contributed by atoms with E-state index in [1.807, 2.05) is 49.4 Å². The van der Waals surface area contributed by atoms with Crippen LogP contribution in [0.5, 0.6) is 0 Å². The highest BCUT2D eigenvalue weighted by Gasteiger charge is 2.38. The Labute approximate surface area is 109 Å². The molecule has 0 radical (unpaired) electrons. The minimum Gasteiger partial charge on any atom is -0.212 e. The van der Waals surface area contributed by atoms with Crippen molar-refractivity contribution in [1.29, 1.82) is 0 Å². The minimum atomic E-state index is -3.05.